The van der Waals surface area contributed by atoms with Gasteiger partial charge in [0.25, 0.3) is 0 Å². The largest absolute Gasteiger partial charge is 0.356 e. The van der Waals surface area contributed by atoms with Crippen LogP contribution < -0.4 is 5.32 Å². The van der Waals surface area contributed by atoms with Crippen LogP contribution in [0.3, 0.4) is 0 Å². The summed E-state index contributed by atoms with van der Waals surface area (Å²) < 4.78 is 0. The molecule has 3 nitrogen and oxygen atoms in total. The van der Waals surface area contributed by atoms with Crippen LogP contribution >= 0.6 is 0 Å². The van der Waals surface area contributed by atoms with E-state index in [2.05, 4.69) is 34.6 Å². The molecular formula is C20H24N2O. The van der Waals surface area contributed by atoms with Crippen LogP contribution in [0, 0.1) is 17.8 Å². The monoisotopic (exact) mass is 308 g/mol. The summed E-state index contributed by atoms with van der Waals surface area (Å²) in [6.45, 7) is 0.704. The molecule has 120 valence electrons. The predicted octanol–water partition coefficient (Wildman–Crippen LogP) is 3.72. The third kappa shape index (κ3) is 3.10. The van der Waals surface area contributed by atoms with Gasteiger partial charge < -0.3 is 5.32 Å². The van der Waals surface area contributed by atoms with E-state index in [4.69, 9.17) is 0 Å². The van der Waals surface area contributed by atoms with Gasteiger partial charge >= 0.3 is 0 Å². The molecule has 2 aliphatic rings. The number of hydrogen-bond donors (Lipinski definition) is 1. The first-order chi connectivity index (χ1) is 11.3. The van der Waals surface area contributed by atoms with Crippen molar-refractivity contribution in [3.63, 3.8) is 0 Å². The molecule has 1 aromatic carbocycles. The van der Waals surface area contributed by atoms with Gasteiger partial charge in [-0.1, -0.05) is 30.7 Å². The third-order valence-corrected chi connectivity index (χ3v) is 5.76. The highest BCUT2D eigenvalue weighted by Gasteiger charge is 2.39. The number of hydrogen-bond acceptors (Lipinski definition) is 2. The number of rotatable bonds is 5. The maximum Gasteiger partial charge on any atom is 0.220 e. The quantitative estimate of drug-likeness (QED) is 0.914. The number of fused-ring (bicyclic) bond motifs is 3. The number of carbonyl (C=O) groups excluding carboxylic acids is 1. The molecular weight excluding hydrogens is 284 g/mol. The Hall–Kier alpha value is -1.90. The zero-order valence-electron chi connectivity index (χ0n) is 13.5. The van der Waals surface area contributed by atoms with Gasteiger partial charge in [0.05, 0.1) is 5.52 Å². The van der Waals surface area contributed by atoms with Crippen LogP contribution in [0.2, 0.25) is 0 Å². The minimum Gasteiger partial charge on any atom is -0.356 e. The van der Waals surface area contributed by atoms with Crippen molar-refractivity contribution in [1.29, 1.82) is 0 Å². The van der Waals surface area contributed by atoms with Crippen molar-refractivity contribution >= 4 is 16.8 Å². The first-order valence-electron chi connectivity index (χ1n) is 8.89. The normalized spacial score (nSPS) is 25.8. The number of aromatic nitrogens is 1. The van der Waals surface area contributed by atoms with Crippen LogP contribution in [0.5, 0.6) is 0 Å². The van der Waals surface area contributed by atoms with Crippen molar-refractivity contribution in [1.82, 2.24) is 10.3 Å². The second kappa shape index (κ2) is 6.31. The van der Waals surface area contributed by atoms with Gasteiger partial charge in [-0.25, -0.2) is 0 Å². The smallest absolute Gasteiger partial charge is 0.220 e. The van der Waals surface area contributed by atoms with Crippen LogP contribution in [0.25, 0.3) is 10.9 Å². The lowest BCUT2D eigenvalue weighted by Gasteiger charge is -2.20. The summed E-state index contributed by atoms with van der Waals surface area (Å²) in [7, 11) is 0. The van der Waals surface area contributed by atoms with Crippen LogP contribution in [0.15, 0.2) is 36.5 Å². The molecule has 1 amide bonds. The second-order valence-corrected chi connectivity index (χ2v) is 7.23. The Morgan fingerprint density at radius 2 is 2.09 bits per heavy atom. The average Bonchev–Trinajstić information content (AvgIpc) is 3.18. The van der Waals surface area contributed by atoms with Crippen molar-refractivity contribution in [2.45, 2.75) is 38.5 Å². The van der Waals surface area contributed by atoms with Gasteiger partial charge in [-0.05, 0) is 55.1 Å². The van der Waals surface area contributed by atoms with Crippen LogP contribution in [-0.4, -0.2) is 17.4 Å². The van der Waals surface area contributed by atoms with Gasteiger partial charge in [0, 0.05) is 24.5 Å². The summed E-state index contributed by atoms with van der Waals surface area (Å²) in [4.78, 5) is 16.7. The van der Waals surface area contributed by atoms with E-state index in [1.54, 1.807) is 0 Å². The summed E-state index contributed by atoms with van der Waals surface area (Å²) in [5.41, 5.74) is 2.26. The highest BCUT2D eigenvalue weighted by atomic mass is 16.1. The Labute approximate surface area is 137 Å². The average molecular weight is 308 g/mol. The Balaban J connectivity index is 1.30. The molecule has 23 heavy (non-hydrogen) atoms. The Bertz CT molecular complexity index is 706. The Kier molecular flexibility index (Phi) is 4.02. The molecule has 4 rings (SSSR count). The standard InChI is InChI=1S/C20H24N2O/c23-19(13-18-12-14-6-7-17(18)11-14)21-10-8-16-4-1-3-15-5-2-9-22-20(15)16/h1-5,9,14,17-18H,6-8,10-13H2,(H,21,23). The maximum atomic E-state index is 12.2. The summed E-state index contributed by atoms with van der Waals surface area (Å²) in [5, 5.41) is 4.28. The number of carbonyl (C=O) groups is 1. The molecule has 3 heteroatoms. The highest BCUT2D eigenvalue weighted by Crippen LogP contribution is 2.49. The van der Waals surface area contributed by atoms with Gasteiger partial charge in [0.2, 0.25) is 5.91 Å². The molecule has 2 aromatic rings. The van der Waals surface area contributed by atoms with Gasteiger partial charge in [-0.3, -0.25) is 9.78 Å². The molecule has 2 bridgehead atoms. The number of amides is 1. The van der Waals surface area contributed by atoms with Crippen molar-refractivity contribution in [2.75, 3.05) is 6.54 Å². The molecule has 0 radical (unpaired) electrons. The fourth-order valence-electron chi connectivity index (χ4n) is 4.64. The summed E-state index contributed by atoms with van der Waals surface area (Å²) in [6, 6.07) is 10.3. The van der Waals surface area contributed by atoms with E-state index in [1.165, 1.54) is 36.6 Å². The van der Waals surface area contributed by atoms with E-state index >= 15 is 0 Å². The predicted molar refractivity (Wildman–Crippen MR) is 92.0 cm³/mol. The van der Waals surface area contributed by atoms with E-state index in [9.17, 15) is 4.79 Å². The number of para-hydroxylation sites is 1. The number of pyridine rings is 1. The molecule has 0 aliphatic heterocycles. The van der Waals surface area contributed by atoms with Gasteiger partial charge in [-0.2, -0.15) is 0 Å². The zero-order chi connectivity index (χ0) is 15.6. The maximum absolute atomic E-state index is 12.2. The molecule has 2 saturated carbocycles. The molecule has 1 heterocycles. The van der Waals surface area contributed by atoms with Crippen LogP contribution in [-0.2, 0) is 11.2 Å². The SMILES string of the molecule is O=C(CC1CC2CCC1C2)NCCc1cccc2cccnc12. The van der Waals surface area contributed by atoms with Crippen molar-refractivity contribution in [2.24, 2.45) is 17.8 Å². The fourth-order valence-corrected chi connectivity index (χ4v) is 4.64. The topological polar surface area (TPSA) is 42.0 Å². The minimum atomic E-state index is 0.232. The van der Waals surface area contributed by atoms with E-state index in [0.29, 0.717) is 12.5 Å². The zero-order valence-corrected chi connectivity index (χ0v) is 13.5. The highest BCUT2D eigenvalue weighted by molar-refractivity contribution is 5.81. The lowest BCUT2D eigenvalue weighted by molar-refractivity contribution is -0.122. The lowest BCUT2D eigenvalue weighted by Crippen LogP contribution is -2.29. The van der Waals surface area contributed by atoms with E-state index < -0.39 is 0 Å². The molecule has 0 saturated heterocycles. The summed E-state index contributed by atoms with van der Waals surface area (Å²) in [5.74, 6) is 2.62. The summed E-state index contributed by atoms with van der Waals surface area (Å²) in [6.07, 6.45) is 8.82. The van der Waals surface area contributed by atoms with E-state index in [0.717, 1.165) is 30.2 Å². The lowest BCUT2D eigenvalue weighted by atomic mass is 9.86. The molecule has 1 aromatic heterocycles. The van der Waals surface area contributed by atoms with Gasteiger partial charge in [0.1, 0.15) is 0 Å². The van der Waals surface area contributed by atoms with Crippen molar-refractivity contribution in [3.8, 4) is 0 Å². The Morgan fingerprint density at radius 1 is 1.17 bits per heavy atom. The first-order valence-corrected chi connectivity index (χ1v) is 8.89. The van der Waals surface area contributed by atoms with E-state index in [1.807, 2.05) is 12.3 Å². The van der Waals surface area contributed by atoms with Crippen molar-refractivity contribution in [3.05, 3.63) is 42.1 Å². The third-order valence-electron chi connectivity index (χ3n) is 5.76. The number of benzene rings is 1. The molecule has 3 unspecified atom stereocenters. The van der Waals surface area contributed by atoms with Crippen LogP contribution in [0.4, 0.5) is 0 Å². The molecule has 2 fully saturated rings. The number of nitrogens with one attached hydrogen (secondary N) is 1. The van der Waals surface area contributed by atoms with Crippen molar-refractivity contribution < 1.29 is 4.79 Å². The molecule has 3 atom stereocenters. The van der Waals surface area contributed by atoms with E-state index in [-0.39, 0.29) is 5.91 Å². The van der Waals surface area contributed by atoms with Gasteiger partial charge in [0.15, 0.2) is 0 Å². The fraction of sp³-hybridized carbons (Fsp3) is 0.500. The first kappa shape index (κ1) is 14.7. The van der Waals surface area contributed by atoms with Gasteiger partial charge in [-0.15, -0.1) is 0 Å². The summed E-state index contributed by atoms with van der Waals surface area (Å²) >= 11 is 0. The number of nitrogens with zero attached hydrogens (tertiary/aromatic N) is 1. The minimum absolute atomic E-state index is 0.232. The molecule has 0 spiro atoms. The Morgan fingerprint density at radius 3 is 2.91 bits per heavy atom. The second-order valence-electron chi connectivity index (χ2n) is 7.23. The van der Waals surface area contributed by atoms with Crippen LogP contribution in [0.1, 0.15) is 37.7 Å². The molecule has 1 N–H and O–H groups in total. The molecule has 2 aliphatic carbocycles.